The summed E-state index contributed by atoms with van der Waals surface area (Å²) in [6.07, 6.45) is 4.95. The van der Waals surface area contributed by atoms with Crippen molar-refractivity contribution in [2.24, 2.45) is 11.8 Å². The number of nitrogen functional groups attached to an aromatic ring is 1. The Morgan fingerprint density at radius 2 is 2.12 bits per heavy atom. The molecule has 130 valence electrons. The summed E-state index contributed by atoms with van der Waals surface area (Å²) < 4.78 is 0. The molecule has 0 spiro atoms. The number of benzene rings is 1. The van der Waals surface area contributed by atoms with E-state index >= 15 is 0 Å². The van der Waals surface area contributed by atoms with E-state index in [1.165, 1.54) is 48.8 Å². The highest BCUT2D eigenvalue weighted by atomic mass is 32.1. The largest absolute Gasteiger partial charge is 0.382 e. The molecule has 8 heteroatoms. The number of nitrogens with two attached hydrogens (primary N) is 1. The molecule has 7 nitrogen and oxygen atoms in total. The number of thiazole rings is 1. The molecule has 0 radical (unpaired) electrons. The van der Waals surface area contributed by atoms with E-state index in [4.69, 9.17) is 5.73 Å². The molecule has 3 atom stereocenters. The number of nitrogens with one attached hydrogen (secondary N) is 1. The van der Waals surface area contributed by atoms with Gasteiger partial charge in [0.2, 0.25) is 5.78 Å². The van der Waals surface area contributed by atoms with Crippen molar-refractivity contribution in [1.29, 1.82) is 0 Å². The summed E-state index contributed by atoms with van der Waals surface area (Å²) in [7, 11) is 0. The van der Waals surface area contributed by atoms with Crippen LogP contribution in [0, 0.1) is 22.0 Å². The summed E-state index contributed by atoms with van der Waals surface area (Å²) in [5, 5.41) is 15.2. The smallest absolute Gasteiger partial charge is 0.280 e. The molecule has 0 saturated heterocycles. The Morgan fingerprint density at radius 3 is 2.80 bits per heavy atom. The second-order valence-corrected chi connectivity index (χ2v) is 7.76. The number of hydrogen-bond acceptors (Lipinski definition) is 7. The molecular formula is C17H18N4O3S. The van der Waals surface area contributed by atoms with Gasteiger partial charge < -0.3 is 11.1 Å². The van der Waals surface area contributed by atoms with Crippen LogP contribution in [0.5, 0.6) is 0 Å². The first-order valence-electron chi connectivity index (χ1n) is 8.34. The van der Waals surface area contributed by atoms with E-state index in [1.54, 1.807) is 6.07 Å². The second-order valence-electron chi connectivity index (χ2n) is 6.76. The maximum absolute atomic E-state index is 12.7. The Balaban J connectivity index is 1.58. The van der Waals surface area contributed by atoms with Gasteiger partial charge in [0.1, 0.15) is 16.3 Å². The van der Waals surface area contributed by atoms with Crippen LogP contribution in [0.1, 0.15) is 40.9 Å². The molecule has 2 fully saturated rings. The van der Waals surface area contributed by atoms with Crippen LogP contribution in [0.15, 0.2) is 24.3 Å². The van der Waals surface area contributed by atoms with Gasteiger partial charge in [-0.3, -0.25) is 14.9 Å². The first-order valence-corrected chi connectivity index (χ1v) is 9.15. The number of hydrogen-bond donors (Lipinski definition) is 2. The quantitative estimate of drug-likeness (QED) is 0.481. The van der Waals surface area contributed by atoms with E-state index in [2.05, 4.69) is 10.3 Å². The number of anilines is 2. The normalized spacial score (nSPS) is 24.4. The Labute approximate surface area is 148 Å². The molecule has 4 rings (SSSR count). The fourth-order valence-corrected chi connectivity index (χ4v) is 4.98. The Morgan fingerprint density at radius 1 is 1.32 bits per heavy atom. The zero-order valence-electron chi connectivity index (χ0n) is 13.5. The predicted octanol–water partition coefficient (Wildman–Crippen LogP) is 3.47. The minimum atomic E-state index is -0.557. The van der Waals surface area contributed by atoms with Crippen LogP contribution in [0.25, 0.3) is 0 Å². The fraction of sp³-hybridized carbons (Fsp3) is 0.412. The lowest BCUT2D eigenvalue weighted by atomic mass is 9.96. The first-order chi connectivity index (χ1) is 12.0. The first kappa shape index (κ1) is 16.0. The van der Waals surface area contributed by atoms with Gasteiger partial charge in [0.25, 0.3) is 5.69 Å². The number of nitro groups is 1. The molecule has 2 bridgehead atoms. The van der Waals surface area contributed by atoms with Crippen LogP contribution in [-0.2, 0) is 0 Å². The summed E-state index contributed by atoms with van der Waals surface area (Å²) in [5.41, 5.74) is 5.74. The third kappa shape index (κ3) is 2.86. The van der Waals surface area contributed by atoms with Crippen molar-refractivity contribution in [3.05, 3.63) is 44.8 Å². The Kier molecular flexibility index (Phi) is 3.91. The molecule has 2 saturated carbocycles. The van der Waals surface area contributed by atoms with E-state index in [0.717, 1.165) is 12.3 Å². The van der Waals surface area contributed by atoms with Gasteiger partial charge in [-0.05, 0) is 37.2 Å². The molecule has 0 amide bonds. The van der Waals surface area contributed by atoms with Crippen molar-refractivity contribution in [3.63, 3.8) is 0 Å². The maximum Gasteiger partial charge on any atom is 0.280 e. The molecule has 25 heavy (non-hydrogen) atoms. The summed E-state index contributed by atoms with van der Waals surface area (Å²) in [6.45, 7) is 0. The summed E-state index contributed by atoms with van der Waals surface area (Å²) >= 11 is 1.18. The van der Waals surface area contributed by atoms with Gasteiger partial charge in [-0.25, -0.2) is 4.98 Å². The number of rotatable bonds is 5. The SMILES string of the molecule is Nc1nc(N[C@H]2C[C@@H]3CC[C@H]2C3)sc1C(=O)c1ccccc1[N+](=O)[O-]. The zero-order chi connectivity index (χ0) is 17.6. The molecule has 2 aliphatic carbocycles. The highest BCUT2D eigenvalue weighted by Crippen LogP contribution is 2.46. The van der Waals surface area contributed by atoms with Gasteiger partial charge in [0, 0.05) is 12.1 Å². The zero-order valence-corrected chi connectivity index (χ0v) is 14.3. The third-order valence-corrected chi connectivity index (χ3v) is 6.25. The number of nitrogens with zero attached hydrogens (tertiary/aromatic N) is 2. The Hall–Kier alpha value is -2.48. The average molecular weight is 358 g/mol. The van der Waals surface area contributed by atoms with Gasteiger partial charge >= 0.3 is 0 Å². The van der Waals surface area contributed by atoms with Crippen LogP contribution >= 0.6 is 11.3 Å². The third-order valence-electron chi connectivity index (χ3n) is 5.25. The molecular weight excluding hydrogens is 340 g/mol. The van der Waals surface area contributed by atoms with Crippen molar-refractivity contribution < 1.29 is 9.72 Å². The van der Waals surface area contributed by atoms with Gasteiger partial charge in [0.05, 0.1) is 4.92 Å². The molecule has 1 heterocycles. The maximum atomic E-state index is 12.7. The minimum Gasteiger partial charge on any atom is -0.382 e. The standard InChI is InChI=1S/C17H18N4O3S/c18-16-15(14(22)11-3-1-2-4-13(11)21(23)24)25-17(20-16)19-12-8-9-5-6-10(12)7-9/h1-4,9-10,12H,5-8,18H2,(H,19,20)/t9-,10+,12+/m1/s1. The number of fused-ring (bicyclic) bond motifs is 2. The van der Waals surface area contributed by atoms with E-state index < -0.39 is 10.7 Å². The topological polar surface area (TPSA) is 111 Å². The van der Waals surface area contributed by atoms with Crippen molar-refractivity contribution in [1.82, 2.24) is 4.98 Å². The van der Waals surface area contributed by atoms with Crippen molar-refractivity contribution in [2.75, 3.05) is 11.1 Å². The minimum absolute atomic E-state index is 0.0364. The van der Waals surface area contributed by atoms with Crippen molar-refractivity contribution >= 4 is 33.8 Å². The molecule has 1 aromatic carbocycles. The molecule has 2 aliphatic rings. The van der Waals surface area contributed by atoms with E-state index in [1.807, 2.05) is 0 Å². The number of carbonyl (C=O) groups is 1. The number of ketones is 1. The van der Waals surface area contributed by atoms with Crippen LogP contribution in [0.3, 0.4) is 0 Å². The van der Waals surface area contributed by atoms with Crippen LogP contribution in [0.4, 0.5) is 16.6 Å². The van der Waals surface area contributed by atoms with Crippen molar-refractivity contribution in [2.45, 2.75) is 31.7 Å². The lowest BCUT2D eigenvalue weighted by Crippen LogP contribution is -2.25. The van der Waals surface area contributed by atoms with Gasteiger partial charge in [-0.2, -0.15) is 0 Å². The Bertz CT molecular complexity index is 850. The van der Waals surface area contributed by atoms with Gasteiger partial charge in [0.15, 0.2) is 5.13 Å². The summed E-state index contributed by atoms with van der Waals surface area (Å²) in [6, 6.07) is 6.29. The number of para-hydroxylation sites is 1. The van der Waals surface area contributed by atoms with Gasteiger partial charge in [-0.1, -0.05) is 29.9 Å². The molecule has 3 N–H and O–H groups in total. The monoisotopic (exact) mass is 358 g/mol. The molecule has 2 aromatic rings. The highest BCUT2D eigenvalue weighted by molar-refractivity contribution is 7.18. The van der Waals surface area contributed by atoms with Gasteiger partial charge in [-0.15, -0.1) is 0 Å². The molecule has 0 unspecified atom stereocenters. The summed E-state index contributed by atoms with van der Waals surface area (Å²) in [4.78, 5) is 27.8. The van der Waals surface area contributed by atoms with Crippen LogP contribution in [0.2, 0.25) is 0 Å². The molecule has 0 aliphatic heterocycles. The average Bonchev–Trinajstić information content (AvgIpc) is 3.30. The summed E-state index contributed by atoms with van der Waals surface area (Å²) in [5.74, 6) is 1.14. The number of aromatic nitrogens is 1. The van der Waals surface area contributed by atoms with E-state index in [9.17, 15) is 14.9 Å². The fourth-order valence-electron chi connectivity index (χ4n) is 4.08. The number of carbonyl (C=O) groups excluding carboxylic acids is 1. The predicted molar refractivity (Wildman–Crippen MR) is 95.9 cm³/mol. The lowest BCUT2D eigenvalue weighted by molar-refractivity contribution is -0.385. The van der Waals surface area contributed by atoms with Crippen LogP contribution < -0.4 is 11.1 Å². The van der Waals surface area contributed by atoms with E-state index in [0.29, 0.717) is 17.1 Å². The second kappa shape index (κ2) is 6.11. The molecule has 1 aromatic heterocycles. The van der Waals surface area contributed by atoms with Crippen LogP contribution in [-0.4, -0.2) is 21.7 Å². The number of nitro benzene ring substituents is 1. The lowest BCUT2D eigenvalue weighted by Gasteiger charge is -2.22. The van der Waals surface area contributed by atoms with Crippen molar-refractivity contribution in [3.8, 4) is 0 Å². The highest BCUT2D eigenvalue weighted by Gasteiger charge is 2.40. The van der Waals surface area contributed by atoms with E-state index in [-0.39, 0.29) is 21.9 Å².